The highest BCUT2D eigenvalue weighted by atomic mass is 16.2. The number of carbonyl (C=O) groups excluding carboxylic acids is 1. The maximum absolute atomic E-state index is 12.9. The normalized spacial score (nSPS) is 11.1. The number of nitrogens with one attached hydrogen (secondary N) is 2. The largest absolute Gasteiger partial charge is 0.334 e. The lowest BCUT2D eigenvalue weighted by atomic mass is 10.0. The van der Waals surface area contributed by atoms with E-state index in [0.29, 0.717) is 25.2 Å². The second-order valence-corrected chi connectivity index (χ2v) is 7.98. The Morgan fingerprint density at radius 1 is 1.00 bits per heavy atom. The van der Waals surface area contributed by atoms with Crippen molar-refractivity contribution in [3.8, 4) is 0 Å². The summed E-state index contributed by atoms with van der Waals surface area (Å²) in [6.07, 6.45) is 0. The van der Waals surface area contributed by atoms with Gasteiger partial charge in [0.25, 0.3) is 5.56 Å². The van der Waals surface area contributed by atoms with Gasteiger partial charge in [0, 0.05) is 30.6 Å². The summed E-state index contributed by atoms with van der Waals surface area (Å²) in [5.74, 6) is 0. The average Bonchev–Trinajstić information content (AvgIpc) is 2.73. The molecule has 2 amide bonds. The number of aromatic nitrogens is 1. The smallest absolute Gasteiger partial charge is 0.318 e. The first-order valence-electron chi connectivity index (χ1n) is 10.2. The van der Waals surface area contributed by atoms with Crippen molar-refractivity contribution in [3.05, 3.63) is 81.1 Å². The molecule has 0 aliphatic rings. The molecule has 0 bridgehead atoms. The van der Waals surface area contributed by atoms with Crippen LogP contribution in [-0.2, 0) is 13.1 Å². The van der Waals surface area contributed by atoms with Crippen molar-refractivity contribution in [2.45, 2.75) is 26.9 Å². The quantitative estimate of drug-likeness (QED) is 0.632. The average molecular weight is 407 g/mol. The Hall–Kier alpha value is -3.12. The van der Waals surface area contributed by atoms with Gasteiger partial charge in [0.15, 0.2) is 0 Å². The van der Waals surface area contributed by atoms with Crippen LogP contribution < -0.4 is 10.9 Å². The van der Waals surface area contributed by atoms with Crippen molar-refractivity contribution in [1.82, 2.24) is 20.1 Å². The van der Waals surface area contributed by atoms with E-state index in [1.807, 2.05) is 75.3 Å². The topological polar surface area (TPSA) is 68.4 Å². The van der Waals surface area contributed by atoms with Crippen LogP contribution in [0, 0.1) is 13.8 Å². The number of pyridine rings is 1. The summed E-state index contributed by atoms with van der Waals surface area (Å²) < 4.78 is 0. The van der Waals surface area contributed by atoms with Crippen molar-refractivity contribution in [1.29, 1.82) is 0 Å². The molecule has 6 heteroatoms. The minimum Gasteiger partial charge on any atom is -0.334 e. The molecule has 0 aliphatic carbocycles. The Kier molecular flexibility index (Phi) is 6.90. The molecule has 30 heavy (non-hydrogen) atoms. The number of H-pyrrole nitrogens is 1. The minimum absolute atomic E-state index is 0.151. The van der Waals surface area contributed by atoms with E-state index in [0.717, 1.165) is 27.6 Å². The number of hydrogen-bond donors (Lipinski definition) is 2. The fraction of sp³-hybridized carbons (Fsp3) is 0.333. The van der Waals surface area contributed by atoms with E-state index in [2.05, 4.69) is 16.4 Å². The van der Waals surface area contributed by atoms with E-state index in [4.69, 9.17) is 0 Å². The fourth-order valence-electron chi connectivity index (χ4n) is 3.40. The van der Waals surface area contributed by atoms with E-state index in [9.17, 15) is 9.59 Å². The zero-order valence-electron chi connectivity index (χ0n) is 18.2. The van der Waals surface area contributed by atoms with Gasteiger partial charge in [0.05, 0.1) is 12.1 Å². The molecule has 0 saturated carbocycles. The van der Waals surface area contributed by atoms with Gasteiger partial charge in [-0.05, 0) is 50.7 Å². The lowest BCUT2D eigenvalue weighted by Gasteiger charge is -2.25. The van der Waals surface area contributed by atoms with Crippen molar-refractivity contribution in [2.24, 2.45) is 0 Å². The van der Waals surface area contributed by atoms with Crippen molar-refractivity contribution < 1.29 is 4.79 Å². The molecule has 1 heterocycles. The van der Waals surface area contributed by atoms with Gasteiger partial charge in [-0.3, -0.25) is 4.79 Å². The van der Waals surface area contributed by atoms with Crippen molar-refractivity contribution in [3.63, 3.8) is 0 Å². The van der Waals surface area contributed by atoms with Gasteiger partial charge in [-0.25, -0.2) is 4.79 Å². The molecular weight excluding hydrogens is 376 g/mol. The number of aromatic amines is 1. The van der Waals surface area contributed by atoms with Crippen LogP contribution in [0.3, 0.4) is 0 Å². The molecule has 158 valence electrons. The number of aryl methyl sites for hydroxylation is 2. The minimum atomic E-state index is -0.179. The molecule has 0 spiro atoms. The molecule has 0 fully saturated rings. The van der Waals surface area contributed by atoms with E-state index in [-0.39, 0.29) is 18.1 Å². The van der Waals surface area contributed by atoms with Crippen LogP contribution in [0.1, 0.15) is 22.3 Å². The summed E-state index contributed by atoms with van der Waals surface area (Å²) in [7, 11) is 3.93. The number of benzene rings is 2. The van der Waals surface area contributed by atoms with Crippen LogP contribution in [0.25, 0.3) is 10.9 Å². The highest BCUT2D eigenvalue weighted by Crippen LogP contribution is 2.20. The summed E-state index contributed by atoms with van der Waals surface area (Å²) in [6, 6.07) is 15.6. The van der Waals surface area contributed by atoms with Gasteiger partial charge >= 0.3 is 6.03 Å². The lowest BCUT2D eigenvalue weighted by Crippen LogP contribution is -2.43. The first kappa shape index (κ1) is 21.6. The van der Waals surface area contributed by atoms with Crippen molar-refractivity contribution in [2.75, 3.05) is 27.2 Å². The molecule has 3 rings (SSSR count). The second kappa shape index (κ2) is 9.59. The molecule has 0 atom stereocenters. The predicted octanol–water partition coefficient (Wildman–Crippen LogP) is 3.42. The summed E-state index contributed by atoms with van der Waals surface area (Å²) in [5.41, 5.74) is 4.46. The van der Waals surface area contributed by atoms with Gasteiger partial charge in [-0.2, -0.15) is 0 Å². The van der Waals surface area contributed by atoms with Crippen LogP contribution in [-0.4, -0.2) is 48.0 Å². The third-order valence-corrected chi connectivity index (χ3v) is 5.27. The zero-order valence-corrected chi connectivity index (χ0v) is 18.2. The monoisotopic (exact) mass is 406 g/mol. The Labute approximate surface area is 177 Å². The highest BCUT2D eigenvalue weighted by Gasteiger charge is 2.17. The lowest BCUT2D eigenvalue weighted by molar-refractivity contribution is 0.188. The van der Waals surface area contributed by atoms with E-state index < -0.39 is 0 Å². The number of hydrogen-bond acceptors (Lipinski definition) is 3. The Bertz CT molecular complexity index is 1070. The van der Waals surface area contributed by atoms with Gasteiger partial charge in [-0.1, -0.05) is 42.5 Å². The molecule has 3 aromatic rings. The molecule has 0 saturated heterocycles. The summed E-state index contributed by atoms with van der Waals surface area (Å²) >= 11 is 0. The number of carbonyl (C=O) groups is 1. The highest BCUT2D eigenvalue weighted by molar-refractivity contribution is 5.85. The molecule has 0 radical (unpaired) electrons. The first-order valence-corrected chi connectivity index (χ1v) is 10.2. The Balaban J connectivity index is 1.83. The van der Waals surface area contributed by atoms with Crippen LogP contribution in [0.2, 0.25) is 0 Å². The van der Waals surface area contributed by atoms with Gasteiger partial charge in [0.1, 0.15) is 0 Å². The Morgan fingerprint density at radius 2 is 1.70 bits per heavy atom. The number of rotatable bonds is 7. The number of amides is 2. The standard InChI is InChI=1S/C24H30N4O2/c1-17-10-11-18(2)22-21(17)14-20(23(29)26-22)16-28(13-12-27(3)4)24(30)25-15-19-8-6-5-7-9-19/h5-11,14H,12-13,15-16H2,1-4H3,(H,25,30)(H,26,29). The summed E-state index contributed by atoms with van der Waals surface area (Å²) in [5, 5.41) is 3.99. The summed E-state index contributed by atoms with van der Waals surface area (Å²) in [6.45, 7) is 5.95. The zero-order chi connectivity index (χ0) is 21.7. The van der Waals surface area contributed by atoms with Crippen LogP contribution in [0.15, 0.2) is 53.3 Å². The maximum atomic E-state index is 12.9. The molecule has 0 unspecified atom stereocenters. The summed E-state index contributed by atoms with van der Waals surface area (Å²) in [4.78, 5) is 32.4. The second-order valence-electron chi connectivity index (χ2n) is 7.98. The third kappa shape index (κ3) is 5.27. The SMILES string of the molecule is Cc1ccc(C)c2[nH]c(=O)c(CN(CCN(C)C)C(=O)NCc3ccccc3)cc12. The number of likely N-dealkylation sites (N-methyl/N-ethyl adjacent to an activating group) is 1. The van der Waals surface area contributed by atoms with Crippen LogP contribution in [0.5, 0.6) is 0 Å². The Morgan fingerprint density at radius 3 is 2.40 bits per heavy atom. The van der Waals surface area contributed by atoms with Gasteiger partial charge < -0.3 is 20.1 Å². The van der Waals surface area contributed by atoms with Crippen LogP contribution in [0.4, 0.5) is 4.79 Å². The predicted molar refractivity (Wildman–Crippen MR) is 122 cm³/mol. The third-order valence-electron chi connectivity index (χ3n) is 5.27. The molecule has 1 aromatic heterocycles. The first-order chi connectivity index (χ1) is 14.3. The maximum Gasteiger partial charge on any atom is 0.318 e. The van der Waals surface area contributed by atoms with Crippen LogP contribution >= 0.6 is 0 Å². The molecule has 0 aliphatic heterocycles. The van der Waals surface area contributed by atoms with Gasteiger partial charge in [0.2, 0.25) is 0 Å². The van der Waals surface area contributed by atoms with Crippen molar-refractivity contribution >= 4 is 16.9 Å². The fourth-order valence-corrected chi connectivity index (χ4v) is 3.40. The molecule has 6 nitrogen and oxygen atoms in total. The van der Waals surface area contributed by atoms with E-state index in [1.165, 1.54) is 0 Å². The van der Waals surface area contributed by atoms with E-state index >= 15 is 0 Å². The number of urea groups is 1. The molecular formula is C24H30N4O2. The number of fused-ring (bicyclic) bond motifs is 1. The molecule has 2 N–H and O–H groups in total. The number of nitrogens with zero attached hydrogens (tertiary/aromatic N) is 2. The van der Waals surface area contributed by atoms with Gasteiger partial charge in [-0.15, -0.1) is 0 Å². The van der Waals surface area contributed by atoms with E-state index in [1.54, 1.807) is 4.90 Å². The molecule has 2 aromatic carbocycles.